The number of carboxylic acid groups (broad SMARTS) is 1. The minimum atomic E-state index is -1.08. The summed E-state index contributed by atoms with van der Waals surface area (Å²) in [5.41, 5.74) is 2.02. The lowest BCUT2D eigenvalue weighted by atomic mass is 9.76. The fourth-order valence-corrected chi connectivity index (χ4v) is 6.47. The number of hydrogen-bond donors (Lipinski definition) is 2. The Morgan fingerprint density at radius 3 is 1.98 bits per heavy atom. The molecule has 3 aromatic heterocycles. The maximum absolute atomic E-state index is 13.6. The molecule has 0 fully saturated rings. The second-order valence-electron chi connectivity index (χ2n) is 11.5. The van der Waals surface area contributed by atoms with Crippen LogP contribution in [0.5, 0.6) is 0 Å². The van der Waals surface area contributed by atoms with Gasteiger partial charge in [-0.2, -0.15) is 0 Å². The highest BCUT2D eigenvalue weighted by Gasteiger charge is 2.40. The summed E-state index contributed by atoms with van der Waals surface area (Å²) in [6.07, 6.45) is 4.32. The molecule has 4 aromatic carbocycles. The largest absolute Gasteiger partial charge is 0.480 e. The first-order chi connectivity index (χ1) is 23.4. The van der Waals surface area contributed by atoms with Crippen LogP contribution in [0.4, 0.5) is 0 Å². The van der Waals surface area contributed by atoms with Gasteiger partial charge >= 0.3 is 11.7 Å². The van der Waals surface area contributed by atoms with Crippen molar-refractivity contribution < 1.29 is 9.90 Å². The van der Waals surface area contributed by atoms with Gasteiger partial charge in [0, 0.05) is 24.8 Å². The maximum Gasteiger partial charge on any atom is 0.337 e. The number of rotatable bonds is 9. The molecule has 236 valence electrons. The van der Waals surface area contributed by atoms with Gasteiger partial charge in [0.15, 0.2) is 5.65 Å². The lowest BCUT2D eigenvalue weighted by Crippen LogP contribution is -2.53. The quantitative estimate of drug-likeness (QED) is 0.220. The van der Waals surface area contributed by atoms with Crippen LogP contribution in [0.2, 0.25) is 0 Å². The minimum absolute atomic E-state index is 0.0739. The molecule has 0 saturated carbocycles. The van der Waals surface area contributed by atoms with Crippen LogP contribution in [0.15, 0.2) is 144 Å². The molecule has 48 heavy (non-hydrogen) atoms. The number of hydrogen-bond acceptors (Lipinski definition) is 7. The van der Waals surface area contributed by atoms with Gasteiger partial charge in [-0.3, -0.25) is 24.5 Å². The number of aliphatic carboxylic acids is 1. The van der Waals surface area contributed by atoms with E-state index in [9.17, 15) is 19.5 Å². The van der Waals surface area contributed by atoms with Crippen LogP contribution in [0.3, 0.4) is 0 Å². The molecule has 2 N–H and O–H groups in total. The SMILES string of the molecule is Cn1c(=O)n(-c2ccc(C[C@H](NC(c3ccccc3)(c3ccccc3)c3ccccc3)C(=O)O)c3cccnc23)c(=O)c2cncnc21. The topological polar surface area (TPSA) is 132 Å². The average Bonchev–Trinajstić information content (AvgIpc) is 3.14. The number of pyridine rings is 1. The van der Waals surface area contributed by atoms with Crippen LogP contribution in [0, 0.1) is 0 Å². The van der Waals surface area contributed by atoms with E-state index >= 15 is 0 Å². The fraction of sp³-hybridized carbons (Fsp3) is 0.105. The first-order valence-corrected chi connectivity index (χ1v) is 15.4. The van der Waals surface area contributed by atoms with Gasteiger partial charge in [-0.1, -0.05) is 103 Å². The fourth-order valence-electron chi connectivity index (χ4n) is 6.47. The summed E-state index contributed by atoms with van der Waals surface area (Å²) >= 11 is 0. The smallest absolute Gasteiger partial charge is 0.337 e. The van der Waals surface area contributed by atoms with Crippen molar-refractivity contribution in [3.63, 3.8) is 0 Å². The molecule has 0 aliphatic carbocycles. The van der Waals surface area contributed by atoms with Gasteiger partial charge in [-0.25, -0.2) is 19.3 Å². The van der Waals surface area contributed by atoms with Crippen molar-refractivity contribution in [2.45, 2.75) is 18.0 Å². The lowest BCUT2D eigenvalue weighted by Gasteiger charge is -2.39. The number of fused-ring (bicyclic) bond motifs is 2. The lowest BCUT2D eigenvalue weighted by molar-refractivity contribution is -0.139. The summed E-state index contributed by atoms with van der Waals surface area (Å²) in [7, 11) is 1.54. The van der Waals surface area contributed by atoms with Crippen molar-refractivity contribution in [3.8, 4) is 5.69 Å². The third-order valence-corrected chi connectivity index (χ3v) is 8.73. The van der Waals surface area contributed by atoms with E-state index in [2.05, 4.69) is 20.3 Å². The molecule has 7 aromatic rings. The zero-order valence-corrected chi connectivity index (χ0v) is 25.9. The molecular formula is C38H30N6O4. The maximum atomic E-state index is 13.6. The molecule has 10 heteroatoms. The molecule has 0 bridgehead atoms. The molecule has 0 aliphatic rings. The standard InChI is InChI=1S/C38H30N6O4/c1-43-34-30(23-39-24-41-34)35(45)44(37(43)48)32-20-19-25(29-18-11-21-40-33(29)32)22-31(36(46)47)42-38(26-12-5-2-6-13-26,27-14-7-3-8-15-27)28-16-9-4-10-17-28/h2-21,23-24,31,42H,22H2,1H3,(H,46,47)/t31-/m0/s1. The monoisotopic (exact) mass is 634 g/mol. The van der Waals surface area contributed by atoms with Crippen molar-refractivity contribution >= 4 is 27.9 Å². The number of benzene rings is 4. The van der Waals surface area contributed by atoms with E-state index in [0.29, 0.717) is 16.5 Å². The highest BCUT2D eigenvalue weighted by molar-refractivity contribution is 5.90. The predicted octanol–water partition coefficient (Wildman–Crippen LogP) is 4.61. The van der Waals surface area contributed by atoms with Crippen LogP contribution in [-0.4, -0.2) is 41.2 Å². The third kappa shape index (κ3) is 5.14. The molecule has 0 amide bonds. The number of aryl methyl sites for hydroxylation is 1. The third-order valence-electron chi connectivity index (χ3n) is 8.73. The minimum Gasteiger partial charge on any atom is -0.480 e. The van der Waals surface area contributed by atoms with Crippen LogP contribution >= 0.6 is 0 Å². The van der Waals surface area contributed by atoms with Crippen molar-refractivity contribution in [1.29, 1.82) is 0 Å². The number of nitrogens with zero attached hydrogens (tertiary/aromatic N) is 5. The van der Waals surface area contributed by atoms with E-state index in [1.165, 1.54) is 17.1 Å². The Morgan fingerprint density at radius 1 is 0.792 bits per heavy atom. The van der Waals surface area contributed by atoms with E-state index in [1.54, 1.807) is 31.4 Å². The molecule has 1 atom stereocenters. The first-order valence-electron chi connectivity index (χ1n) is 15.4. The Hall–Kier alpha value is -6.26. The highest BCUT2D eigenvalue weighted by atomic mass is 16.4. The van der Waals surface area contributed by atoms with E-state index in [-0.39, 0.29) is 23.1 Å². The highest BCUT2D eigenvalue weighted by Crippen LogP contribution is 2.38. The van der Waals surface area contributed by atoms with Gasteiger partial charge in [0.1, 0.15) is 17.8 Å². The van der Waals surface area contributed by atoms with Crippen molar-refractivity contribution in [3.05, 3.63) is 177 Å². The second kappa shape index (κ2) is 12.5. The molecule has 0 radical (unpaired) electrons. The van der Waals surface area contributed by atoms with E-state index in [0.717, 1.165) is 21.3 Å². The Bertz CT molecular complexity index is 2300. The van der Waals surface area contributed by atoms with Gasteiger partial charge in [0.2, 0.25) is 0 Å². The van der Waals surface area contributed by atoms with Gasteiger partial charge in [-0.15, -0.1) is 0 Å². The Morgan fingerprint density at radius 2 is 1.40 bits per heavy atom. The van der Waals surface area contributed by atoms with Crippen molar-refractivity contribution in [2.24, 2.45) is 7.05 Å². The molecule has 3 heterocycles. The average molecular weight is 635 g/mol. The van der Waals surface area contributed by atoms with E-state index in [4.69, 9.17) is 0 Å². The molecule has 10 nitrogen and oxygen atoms in total. The number of carbonyl (C=O) groups is 1. The van der Waals surface area contributed by atoms with Crippen LogP contribution < -0.4 is 16.6 Å². The van der Waals surface area contributed by atoms with Crippen LogP contribution in [-0.2, 0) is 23.8 Å². The Kier molecular flexibility index (Phi) is 7.92. The molecule has 0 saturated heterocycles. The summed E-state index contributed by atoms with van der Waals surface area (Å²) in [6.45, 7) is 0. The van der Waals surface area contributed by atoms with Gasteiger partial charge in [-0.05, 0) is 40.8 Å². The molecule has 0 unspecified atom stereocenters. The molecular weight excluding hydrogens is 604 g/mol. The second-order valence-corrected chi connectivity index (χ2v) is 11.5. The first kappa shape index (κ1) is 30.4. The van der Waals surface area contributed by atoms with E-state index < -0.39 is 28.8 Å². The van der Waals surface area contributed by atoms with Crippen molar-refractivity contribution in [1.82, 2.24) is 29.4 Å². The number of nitrogens with one attached hydrogen (secondary N) is 1. The zero-order valence-electron chi connectivity index (χ0n) is 25.9. The van der Waals surface area contributed by atoms with Crippen molar-refractivity contribution in [2.75, 3.05) is 0 Å². The number of carboxylic acids is 1. The zero-order chi connectivity index (χ0) is 33.3. The van der Waals surface area contributed by atoms with Gasteiger partial charge < -0.3 is 5.11 Å². The number of aromatic nitrogens is 5. The summed E-state index contributed by atoms with van der Waals surface area (Å²) in [5, 5.41) is 15.1. The molecule has 7 rings (SSSR count). The summed E-state index contributed by atoms with van der Waals surface area (Å²) < 4.78 is 2.35. The molecule has 0 aliphatic heterocycles. The summed E-state index contributed by atoms with van der Waals surface area (Å²) in [6, 6.07) is 35.3. The summed E-state index contributed by atoms with van der Waals surface area (Å²) in [5.74, 6) is -1.04. The Balaban J connectivity index is 1.38. The van der Waals surface area contributed by atoms with E-state index in [1.807, 2.05) is 97.1 Å². The summed E-state index contributed by atoms with van der Waals surface area (Å²) in [4.78, 5) is 53.0. The van der Waals surface area contributed by atoms with Crippen LogP contribution in [0.25, 0.3) is 27.6 Å². The normalized spacial score (nSPS) is 12.3. The Labute approximate surface area is 274 Å². The molecule has 0 spiro atoms. The predicted molar refractivity (Wildman–Crippen MR) is 183 cm³/mol. The van der Waals surface area contributed by atoms with Gasteiger partial charge in [0.05, 0.1) is 16.7 Å². The van der Waals surface area contributed by atoms with Gasteiger partial charge in [0.25, 0.3) is 5.56 Å². The van der Waals surface area contributed by atoms with Crippen LogP contribution in [0.1, 0.15) is 22.3 Å².